The number of hydrogen-bond donors (Lipinski definition) is 1. The molecule has 6 rings (SSSR count). The molecule has 3 aromatic rings. The highest BCUT2D eigenvalue weighted by molar-refractivity contribution is 5.98. The predicted molar refractivity (Wildman–Crippen MR) is 129 cm³/mol. The van der Waals surface area contributed by atoms with Crippen molar-refractivity contribution in [2.45, 2.75) is 32.9 Å². The average molecular weight is 447 g/mol. The molecule has 0 bridgehead atoms. The van der Waals surface area contributed by atoms with E-state index in [0.29, 0.717) is 25.8 Å². The monoisotopic (exact) mass is 446 g/mol. The van der Waals surface area contributed by atoms with E-state index in [1.54, 1.807) is 0 Å². The number of guanidine groups is 1. The SMILES string of the molecule is CC(C)CCN1CN=C2NC(c3ccc4c(c3)OCCCO4)n3c(nc4ccccc43)N2C1. The second kappa shape index (κ2) is 8.26. The first-order valence-electron chi connectivity index (χ1n) is 11.8. The first-order valence-corrected chi connectivity index (χ1v) is 11.8. The molecule has 2 aromatic carbocycles. The highest BCUT2D eigenvalue weighted by atomic mass is 16.5. The Morgan fingerprint density at radius 3 is 2.82 bits per heavy atom. The zero-order chi connectivity index (χ0) is 22.4. The van der Waals surface area contributed by atoms with Crippen LogP contribution in [0.5, 0.6) is 11.5 Å². The van der Waals surface area contributed by atoms with Crippen LogP contribution in [0.2, 0.25) is 0 Å². The topological polar surface area (TPSA) is 67.2 Å². The third-order valence-electron chi connectivity index (χ3n) is 6.47. The van der Waals surface area contributed by atoms with E-state index in [2.05, 4.69) is 63.9 Å². The van der Waals surface area contributed by atoms with E-state index in [4.69, 9.17) is 19.5 Å². The quantitative estimate of drug-likeness (QED) is 0.658. The second-order valence-corrected chi connectivity index (χ2v) is 9.34. The van der Waals surface area contributed by atoms with Crippen molar-refractivity contribution in [1.82, 2.24) is 19.8 Å². The third kappa shape index (κ3) is 3.68. The van der Waals surface area contributed by atoms with Gasteiger partial charge in [0.1, 0.15) is 6.17 Å². The summed E-state index contributed by atoms with van der Waals surface area (Å²) in [5.41, 5.74) is 3.16. The number of nitrogens with zero attached hydrogens (tertiary/aromatic N) is 5. The highest BCUT2D eigenvalue weighted by Gasteiger charge is 2.36. The second-order valence-electron chi connectivity index (χ2n) is 9.34. The number of aliphatic imine (C=N–C) groups is 1. The number of ether oxygens (including phenoxy) is 2. The van der Waals surface area contributed by atoms with Crippen molar-refractivity contribution < 1.29 is 9.47 Å². The third-order valence-corrected chi connectivity index (χ3v) is 6.47. The Hall–Kier alpha value is -3.26. The van der Waals surface area contributed by atoms with E-state index >= 15 is 0 Å². The number of aromatic nitrogens is 2. The van der Waals surface area contributed by atoms with Crippen LogP contribution in [0, 0.1) is 5.92 Å². The van der Waals surface area contributed by atoms with Crippen molar-refractivity contribution in [3.63, 3.8) is 0 Å². The molecule has 3 aliphatic heterocycles. The molecule has 0 aliphatic carbocycles. The van der Waals surface area contributed by atoms with E-state index in [9.17, 15) is 0 Å². The molecule has 8 nitrogen and oxygen atoms in total. The summed E-state index contributed by atoms with van der Waals surface area (Å²) in [6.45, 7) is 8.37. The van der Waals surface area contributed by atoms with Crippen LogP contribution in [0.3, 0.4) is 0 Å². The van der Waals surface area contributed by atoms with Gasteiger partial charge in [-0.15, -0.1) is 0 Å². The molecule has 0 radical (unpaired) electrons. The largest absolute Gasteiger partial charge is 0.490 e. The molecule has 1 aromatic heterocycles. The summed E-state index contributed by atoms with van der Waals surface area (Å²) < 4.78 is 14.1. The minimum Gasteiger partial charge on any atom is -0.490 e. The standard InChI is InChI=1S/C25H30N6O2/c1-17(2)10-11-29-15-26-24-28-23(18-8-9-21-22(14-18)33-13-5-12-32-21)31-20-7-4-3-6-19(20)27-25(31)30(24)16-29/h3-4,6-9,14,17,23H,5,10-13,15-16H2,1-2H3,(H,26,28). The molecule has 0 fully saturated rings. The maximum Gasteiger partial charge on any atom is 0.216 e. The van der Waals surface area contributed by atoms with Gasteiger partial charge in [0, 0.05) is 13.0 Å². The molecular formula is C25H30N6O2. The maximum atomic E-state index is 5.98. The summed E-state index contributed by atoms with van der Waals surface area (Å²) >= 11 is 0. The van der Waals surface area contributed by atoms with Crippen molar-refractivity contribution >= 4 is 22.9 Å². The Labute approximate surface area is 193 Å². The number of para-hydroxylation sites is 2. The molecule has 33 heavy (non-hydrogen) atoms. The van der Waals surface area contributed by atoms with Crippen molar-refractivity contribution in [3.8, 4) is 11.5 Å². The fraction of sp³-hybridized carbons (Fsp3) is 0.440. The summed E-state index contributed by atoms with van der Waals surface area (Å²) in [6.07, 6.45) is 1.91. The molecule has 0 saturated carbocycles. The van der Waals surface area contributed by atoms with Crippen molar-refractivity contribution in [2.75, 3.05) is 38.0 Å². The molecular weight excluding hydrogens is 416 g/mol. The van der Waals surface area contributed by atoms with Gasteiger partial charge in [0.25, 0.3) is 0 Å². The molecule has 172 valence electrons. The van der Waals surface area contributed by atoms with Crippen LogP contribution < -0.4 is 19.7 Å². The number of fused-ring (bicyclic) bond motifs is 6. The van der Waals surface area contributed by atoms with Gasteiger partial charge in [0.2, 0.25) is 11.9 Å². The summed E-state index contributed by atoms with van der Waals surface area (Å²) in [5, 5.41) is 3.69. The number of nitrogens with one attached hydrogen (secondary N) is 1. The lowest BCUT2D eigenvalue weighted by Crippen LogP contribution is -2.57. The van der Waals surface area contributed by atoms with Crippen LogP contribution in [0.4, 0.5) is 5.95 Å². The Balaban J connectivity index is 1.42. The minimum atomic E-state index is -0.137. The summed E-state index contributed by atoms with van der Waals surface area (Å²) in [4.78, 5) is 14.5. The van der Waals surface area contributed by atoms with E-state index in [1.165, 1.54) is 0 Å². The number of imidazole rings is 1. The van der Waals surface area contributed by atoms with Crippen LogP contribution in [-0.2, 0) is 0 Å². The summed E-state index contributed by atoms with van der Waals surface area (Å²) in [7, 11) is 0. The molecule has 8 heteroatoms. The Kier molecular flexibility index (Phi) is 5.10. The lowest BCUT2D eigenvalue weighted by Gasteiger charge is -2.42. The first kappa shape index (κ1) is 20.4. The van der Waals surface area contributed by atoms with Crippen molar-refractivity contribution in [1.29, 1.82) is 0 Å². The predicted octanol–water partition coefficient (Wildman–Crippen LogP) is 3.79. The number of benzene rings is 2. The van der Waals surface area contributed by atoms with Crippen molar-refractivity contribution in [3.05, 3.63) is 48.0 Å². The van der Waals surface area contributed by atoms with Gasteiger partial charge in [0.15, 0.2) is 11.5 Å². The molecule has 0 spiro atoms. The zero-order valence-corrected chi connectivity index (χ0v) is 19.2. The fourth-order valence-electron chi connectivity index (χ4n) is 4.67. The van der Waals surface area contributed by atoms with Crippen molar-refractivity contribution in [2.24, 2.45) is 10.9 Å². The van der Waals surface area contributed by atoms with Crippen LogP contribution in [-0.4, -0.2) is 53.5 Å². The van der Waals surface area contributed by atoms with E-state index in [0.717, 1.165) is 66.1 Å². The fourth-order valence-corrected chi connectivity index (χ4v) is 4.67. The number of rotatable bonds is 4. The molecule has 0 saturated heterocycles. The van der Waals surface area contributed by atoms with Crippen LogP contribution in [0.25, 0.3) is 11.0 Å². The number of hydrogen-bond acceptors (Lipinski definition) is 7. The Bertz CT molecular complexity index is 1200. The van der Waals surface area contributed by atoms with Crippen LogP contribution >= 0.6 is 0 Å². The highest BCUT2D eigenvalue weighted by Crippen LogP contribution is 2.37. The average Bonchev–Trinajstić information content (AvgIpc) is 3.06. The molecule has 3 aliphatic rings. The van der Waals surface area contributed by atoms with Gasteiger partial charge in [-0.3, -0.25) is 14.4 Å². The normalized spacial score (nSPS) is 20.2. The summed E-state index contributed by atoms with van der Waals surface area (Å²) in [6, 6.07) is 14.5. The minimum absolute atomic E-state index is 0.137. The molecule has 1 N–H and O–H groups in total. The lowest BCUT2D eigenvalue weighted by molar-refractivity contribution is 0.256. The molecule has 0 amide bonds. The van der Waals surface area contributed by atoms with Gasteiger partial charge in [-0.2, -0.15) is 0 Å². The molecule has 4 heterocycles. The lowest BCUT2D eigenvalue weighted by atomic mass is 10.1. The number of anilines is 1. The van der Waals surface area contributed by atoms with Gasteiger partial charge < -0.3 is 14.8 Å². The first-order chi connectivity index (χ1) is 16.2. The molecule has 1 unspecified atom stereocenters. The summed E-state index contributed by atoms with van der Waals surface area (Å²) in [5.74, 6) is 4.06. The van der Waals surface area contributed by atoms with Crippen LogP contribution in [0.15, 0.2) is 47.5 Å². The van der Waals surface area contributed by atoms with E-state index < -0.39 is 0 Å². The van der Waals surface area contributed by atoms with Gasteiger partial charge in [-0.05, 0) is 42.2 Å². The Morgan fingerprint density at radius 2 is 1.94 bits per heavy atom. The van der Waals surface area contributed by atoms with Gasteiger partial charge in [-0.1, -0.05) is 32.0 Å². The van der Waals surface area contributed by atoms with Crippen LogP contribution in [0.1, 0.15) is 38.4 Å². The Morgan fingerprint density at radius 1 is 1.09 bits per heavy atom. The smallest absolute Gasteiger partial charge is 0.216 e. The van der Waals surface area contributed by atoms with E-state index in [-0.39, 0.29) is 6.17 Å². The van der Waals surface area contributed by atoms with Gasteiger partial charge >= 0.3 is 0 Å². The van der Waals surface area contributed by atoms with Gasteiger partial charge in [0.05, 0.1) is 37.6 Å². The van der Waals surface area contributed by atoms with Gasteiger partial charge in [-0.25, -0.2) is 9.98 Å². The van der Waals surface area contributed by atoms with E-state index in [1.807, 2.05) is 12.1 Å². The maximum absolute atomic E-state index is 5.98. The zero-order valence-electron chi connectivity index (χ0n) is 19.2. The molecule has 1 atom stereocenters.